The van der Waals surface area contributed by atoms with Crippen molar-refractivity contribution in [3.63, 3.8) is 0 Å². The fourth-order valence-corrected chi connectivity index (χ4v) is 4.96. The van der Waals surface area contributed by atoms with Crippen LogP contribution in [0.5, 0.6) is 11.5 Å². The first kappa shape index (κ1) is 33.2. The molecule has 238 valence electrons. The second-order valence-electron chi connectivity index (χ2n) is 11.3. The fourth-order valence-electron chi connectivity index (χ4n) is 4.96. The lowest BCUT2D eigenvalue weighted by Gasteiger charge is -2.25. The van der Waals surface area contributed by atoms with Crippen molar-refractivity contribution in [2.75, 3.05) is 27.1 Å². The molecule has 10 heteroatoms. The van der Waals surface area contributed by atoms with Crippen LogP contribution in [0.15, 0.2) is 60.7 Å². The Hall–Kier alpha value is -3.70. The molecule has 0 amide bonds. The van der Waals surface area contributed by atoms with Gasteiger partial charge in [-0.3, -0.25) is 0 Å². The van der Waals surface area contributed by atoms with E-state index in [0.717, 1.165) is 0 Å². The number of hydrogen-bond acceptors (Lipinski definition) is 10. The predicted octanol–water partition coefficient (Wildman–Crippen LogP) is 5.30. The first-order chi connectivity index (χ1) is 21.1. The molecule has 10 nitrogen and oxygen atoms in total. The van der Waals surface area contributed by atoms with Gasteiger partial charge in [-0.2, -0.15) is 0 Å². The summed E-state index contributed by atoms with van der Waals surface area (Å²) in [7, 11) is 1.50. The number of carbonyl (C=O) groups is 2. The third-order valence-electron chi connectivity index (χ3n) is 7.36. The lowest BCUT2D eigenvalue weighted by molar-refractivity contribution is -0.152. The van der Waals surface area contributed by atoms with Gasteiger partial charge in [-0.05, 0) is 70.0 Å². The maximum Gasteiger partial charge on any atom is 0.342 e. The van der Waals surface area contributed by atoms with Gasteiger partial charge in [0.15, 0.2) is 12.6 Å². The van der Waals surface area contributed by atoms with Gasteiger partial charge in [0.2, 0.25) is 0 Å². The summed E-state index contributed by atoms with van der Waals surface area (Å²) in [5, 5.41) is 0. The molecule has 1 fully saturated rings. The normalized spacial score (nSPS) is 26.3. The van der Waals surface area contributed by atoms with E-state index in [1.54, 1.807) is 55.5 Å². The van der Waals surface area contributed by atoms with Crippen molar-refractivity contribution in [3.05, 3.63) is 77.4 Å². The molecule has 0 aromatic heterocycles. The van der Waals surface area contributed by atoms with Gasteiger partial charge in [-0.1, -0.05) is 43.4 Å². The highest BCUT2D eigenvalue weighted by Gasteiger charge is 2.45. The van der Waals surface area contributed by atoms with Gasteiger partial charge in [0.1, 0.15) is 35.4 Å². The molecule has 2 aromatic rings. The van der Waals surface area contributed by atoms with Crippen LogP contribution < -0.4 is 15.2 Å². The summed E-state index contributed by atoms with van der Waals surface area (Å²) < 4.78 is 41.4. The summed E-state index contributed by atoms with van der Waals surface area (Å²) in [5.74, 6) is -1.40. The van der Waals surface area contributed by atoms with Crippen LogP contribution in [0, 0.1) is 5.92 Å². The molecule has 0 bridgehead atoms. The van der Waals surface area contributed by atoms with E-state index in [4.69, 9.17) is 38.9 Å². The highest BCUT2D eigenvalue weighted by atomic mass is 16.8. The van der Waals surface area contributed by atoms with Crippen molar-refractivity contribution in [2.24, 2.45) is 11.7 Å². The van der Waals surface area contributed by atoms with E-state index >= 15 is 0 Å². The lowest BCUT2D eigenvalue weighted by atomic mass is 9.98. The Kier molecular flexibility index (Phi) is 11.6. The van der Waals surface area contributed by atoms with Crippen molar-refractivity contribution < 1.29 is 42.7 Å². The van der Waals surface area contributed by atoms with Crippen LogP contribution >= 0.6 is 0 Å². The number of methoxy groups -OCH3 is 1. The first-order valence-corrected chi connectivity index (χ1v) is 14.9. The minimum Gasteiger partial charge on any atom is -0.493 e. The minimum atomic E-state index is -0.913. The van der Waals surface area contributed by atoms with Crippen molar-refractivity contribution in [2.45, 2.75) is 70.7 Å². The van der Waals surface area contributed by atoms with E-state index in [2.05, 4.69) is 0 Å². The van der Waals surface area contributed by atoms with Crippen LogP contribution in [0.2, 0.25) is 0 Å². The zero-order valence-electron chi connectivity index (χ0n) is 26.0. The SMILES string of the molecule is COCOc1cc(OCCCN)cc2c1C(=O)O[C@@H](C)[C@H](C)/C=C\C(OC(=O)c1ccccc1)[C@H]1OC(C)(C)O[C@H]1C/C=C/2. The number of nitrogens with two attached hydrogens (primary N) is 1. The van der Waals surface area contributed by atoms with Crippen LogP contribution in [0.4, 0.5) is 0 Å². The number of rotatable bonds is 9. The molecule has 2 heterocycles. The largest absolute Gasteiger partial charge is 0.493 e. The van der Waals surface area contributed by atoms with Gasteiger partial charge in [0.05, 0.1) is 18.3 Å². The summed E-state index contributed by atoms with van der Waals surface area (Å²) >= 11 is 0. The Balaban J connectivity index is 1.73. The van der Waals surface area contributed by atoms with Gasteiger partial charge in [-0.15, -0.1) is 0 Å². The van der Waals surface area contributed by atoms with E-state index in [1.165, 1.54) is 7.11 Å². The molecule has 1 saturated heterocycles. The summed E-state index contributed by atoms with van der Waals surface area (Å²) in [6.45, 7) is 8.20. The topological polar surface area (TPSA) is 125 Å². The van der Waals surface area contributed by atoms with Crippen LogP contribution in [0.1, 0.15) is 66.8 Å². The maximum atomic E-state index is 13.6. The highest BCUT2D eigenvalue weighted by Crippen LogP contribution is 2.36. The molecule has 0 radical (unpaired) electrons. The average Bonchev–Trinajstić information content (AvgIpc) is 3.31. The Labute approximate surface area is 259 Å². The van der Waals surface area contributed by atoms with E-state index in [9.17, 15) is 9.59 Å². The molecule has 0 saturated carbocycles. The average molecular weight is 610 g/mol. The van der Waals surface area contributed by atoms with Crippen molar-refractivity contribution in [1.29, 1.82) is 0 Å². The van der Waals surface area contributed by atoms with Gasteiger partial charge >= 0.3 is 11.9 Å². The third-order valence-corrected chi connectivity index (χ3v) is 7.36. The molecule has 2 aliphatic rings. The molecule has 1 unspecified atom stereocenters. The second-order valence-corrected chi connectivity index (χ2v) is 11.3. The van der Waals surface area contributed by atoms with Gasteiger partial charge < -0.3 is 38.9 Å². The molecule has 2 N–H and O–H groups in total. The molecule has 2 aliphatic heterocycles. The molecule has 44 heavy (non-hydrogen) atoms. The van der Waals surface area contributed by atoms with Gasteiger partial charge in [-0.25, -0.2) is 9.59 Å². The van der Waals surface area contributed by atoms with Crippen LogP contribution in [0.25, 0.3) is 6.08 Å². The summed E-state index contributed by atoms with van der Waals surface area (Å²) in [6.07, 6.45) is 6.05. The molecule has 0 spiro atoms. The summed E-state index contributed by atoms with van der Waals surface area (Å²) in [6, 6.07) is 12.2. The Morgan fingerprint density at radius 3 is 2.57 bits per heavy atom. The second kappa shape index (κ2) is 15.3. The number of hydrogen-bond donors (Lipinski definition) is 1. The van der Waals surface area contributed by atoms with E-state index in [0.29, 0.717) is 42.9 Å². The maximum absolute atomic E-state index is 13.6. The molecule has 2 aromatic carbocycles. The number of ether oxygens (including phenoxy) is 7. The smallest absolute Gasteiger partial charge is 0.342 e. The van der Waals surface area contributed by atoms with E-state index in [1.807, 2.05) is 39.0 Å². The fraction of sp³-hybridized carbons (Fsp3) is 0.471. The minimum absolute atomic E-state index is 0.0719. The van der Waals surface area contributed by atoms with Crippen LogP contribution in [-0.2, 0) is 23.7 Å². The summed E-state index contributed by atoms with van der Waals surface area (Å²) in [4.78, 5) is 26.8. The number of benzene rings is 2. The first-order valence-electron chi connectivity index (χ1n) is 14.9. The predicted molar refractivity (Wildman–Crippen MR) is 164 cm³/mol. The van der Waals surface area contributed by atoms with Gasteiger partial charge in [0, 0.05) is 19.1 Å². The standard InChI is InChI=1S/C34H43NO9/c1-22-15-16-27(42-32(36)24-11-7-6-8-12-24)31-28(43-34(3,4)44-31)14-9-13-25-19-26(39-18-10-17-35)20-29(40-21-38-5)30(25)33(37)41-23(22)2/h6-9,11-13,15-16,19-20,22-23,27-28,31H,10,14,17-18,21,35H2,1-5H3/b13-9+,16-15-/t22-,23+,27?,28+,31-/m1/s1. The van der Waals surface area contributed by atoms with E-state index in [-0.39, 0.29) is 24.0 Å². The zero-order valence-corrected chi connectivity index (χ0v) is 26.0. The molecule has 0 aliphatic carbocycles. The van der Waals surface area contributed by atoms with Crippen LogP contribution in [-0.4, -0.2) is 69.2 Å². The summed E-state index contributed by atoms with van der Waals surface area (Å²) in [5.41, 5.74) is 6.86. The number of carbonyl (C=O) groups excluding carboxylic acids is 2. The number of cyclic esters (lactones) is 1. The quantitative estimate of drug-likeness (QED) is 0.173. The monoisotopic (exact) mass is 609 g/mol. The zero-order chi connectivity index (χ0) is 31.7. The van der Waals surface area contributed by atoms with Gasteiger partial charge in [0.25, 0.3) is 0 Å². The molecule has 5 atom stereocenters. The highest BCUT2D eigenvalue weighted by molar-refractivity contribution is 5.97. The Morgan fingerprint density at radius 2 is 1.84 bits per heavy atom. The van der Waals surface area contributed by atoms with Crippen molar-refractivity contribution in [1.82, 2.24) is 0 Å². The number of esters is 2. The molecular formula is C34H43NO9. The van der Waals surface area contributed by atoms with Crippen molar-refractivity contribution >= 4 is 18.0 Å². The molecular weight excluding hydrogens is 566 g/mol. The number of fused-ring (bicyclic) bond motifs is 2. The van der Waals surface area contributed by atoms with Crippen LogP contribution in [0.3, 0.4) is 0 Å². The van der Waals surface area contributed by atoms with E-state index < -0.39 is 42.1 Å². The Morgan fingerprint density at radius 1 is 1.07 bits per heavy atom. The lowest BCUT2D eigenvalue weighted by Crippen LogP contribution is -2.37. The molecule has 4 rings (SSSR count). The third kappa shape index (κ3) is 8.69. The Bertz CT molecular complexity index is 1320. The van der Waals surface area contributed by atoms with Crippen molar-refractivity contribution in [3.8, 4) is 11.5 Å².